The largest absolute Gasteiger partial charge is 0.349 e. The summed E-state index contributed by atoms with van der Waals surface area (Å²) in [5.74, 6) is -0.944. The molecule has 0 bridgehead atoms. The van der Waals surface area contributed by atoms with Crippen LogP contribution in [0.2, 0.25) is 0 Å². The van der Waals surface area contributed by atoms with E-state index in [1.165, 1.54) is 24.3 Å². The average Bonchev–Trinajstić information content (AvgIpc) is 2.90. The lowest BCUT2D eigenvalue weighted by molar-refractivity contribution is -0.126. The van der Waals surface area contributed by atoms with Gasteiger partial charge in [-0.2, -0.15) is 0 Å². The third-order valence-corrected chi connectivity index (χ3v) is 8.10. The van der Waals surface area contributed by atoms with E-state index in [1.54, 1.807) is 48.5 Å². The highest BCUT2D eigenvalue weighted by molar-refractivity contribution is 7.89. The van der Waals surface area contributed by atoms with Gasteiger partial charge in [0.25, 0.3) is 5.91 Å². The summed E-state index contributed by atoms with van der Waals surface area (Å²) >= 11 is 0. The summed E-state index contributed by atoms with van der Waals surface area (Å²) in [5.41, 5.74) is 1.67. The number of benzene rings is 3. The first kappa shape index (κ1) is 26.5. The second-order valence-electron chi connectivity index (χ2n) is 9.30. The molecular formula is C28H30FN3O4S. The van der Waals surface area contributed by atoms with Gasteiger partial charge in [-0.15, -0.1) is 0 Å². The highest BCUT2D eigenvalue weighted by Gasteiger charge is 2.30. The predicted octanol–water partition coefficient (Wildman–Crippen LogP) is 4.79. The van der Waals surface area contributed by atoms with Crippen LogP contribution in [0.1, 0.15) is 54.6 Å². The molecule has 1 aliphatic carbocycles. The molecule has 4 rings (SSSR count). The van der Waals surface area contributed by atoms with Gasteiger partial charge in [-0.3, -0.25) is 9.59 Å². The van der Waals surface area contributed by atoms with Gasteiger partial charge < -0.3 is 10.6 Å². The van der Waals surface area contributed by atoms with E-state index < -0.39 is 10.0 Å². The second-order valence-corrected chi connectivity index (χ2v) is 11.0. The molecule has 0 saturated heterocycles. The van der Waals surface area contributed by atoms with Gasteiger partial charge in [0.1, 0.15) is 5.82 Å². The molecular weight excluding hydrogens is 493 g/mol. The van der Waals surface area contributed by atoms with Gasteiger partial charge in [-0.1, -0.05) is 36.4 Å². The maximum absolute atomic E-state index is 13.1. The van der Waals surface area contributed by atoms with E-state index in [0.29, 0.717) is 36.9 Å². The zero-order valence-electron chi connectivity index (χ0n) is 20.5. The monoisotopic (exact) mass is 523 g/mol. The van der Waals surface area contributed by atoms with Crippen LogP contribution in [-0.2, 0) is 14.8 Å². The van der Waals surface area contributed by atoms with Crippen LogP contribution in [0, 0.1) is 11.7 Å². The Bertz CT molecular complexity index is 1340. The van der Waals surface area contributed by atoms with Crippen molar-refractivity contribution in [3.63, 3.8) is 0 Å². The van der Waals surface area contributed by atoms with Crippen molar-refractivity contribution < 1.29 is 22.4 Å². The summed E-state index contributed by atoms with van der Waals surface area (Å²) < 4.78 is 41.9. The molecule has 0 heterocycles. The SMILES string of the molecule is C[C@@H](NC(=O)[C@H]1CC[C@H](NS(=O)(=O)c2cccc(NC(=O)c3ccccc3)c2)CC1)c1ccc(F)cc1. The molecule has 0 spiro atoms. The Kier molecular flexibility index (Phi) is 8.35. The van der Waals surface area contributed by atoms with Crippen molar-refractivity contribution in [1.29, 1.82) is 0 Å². The average molecular weight is 524 g/mol. The fourth-order valence-electron chi connectivity index (χ4n) is 4.46. The topological polar surface area (TPSA) is 104 Å². The van der Waals surface area contributed by atoms with E-state index in [4.69, 9.17) is 0 Å². The lowest BCUT2D eigenvalue weighted by Gasteiger charge is -2.29. The number of anilines is 1. The fourth-order valence-corrected chi connectivity index (χ4v) is 5.81. The van der Waals surface area contributed by atoms with Crippen molar-refractivity contribution in [2.75, 3.05) is 5.32 Å². The molecule has 0 radical (unpaired) electrons. The third-order valence-electron chi connectivity index (χ3n) is 6.59. The van der Waals surface area contributed by atoms with Crippen LogP contribution in [-0.4, -0.2) is 26.3 Å². The van der Waals surface area contributed by atoms with Gasteiger partial charge in [-0.05, 0) is 80.6 Å². The predicted molar refractivity (Wildman–Crippen MR) is 140 cm³/mol. The zero-order valence-corrected chi connectivity index (χ0v) is 21.3. The number of carbonyl (C=O) groups excluding carboxylic acids is 2. The van der Waals surface area contributed by atoms with E-state index in [2.05, 4.69) is 15.4 Å². The standard InChI is InChI=1S/C28H30FN3O4S/c1-19(20-10-14-23(29)15-11-20)30-27(33)22-12-16-24(17-13-22)32-37(35,36)26-9-5-8-25(18-26)31-28(34)21-6-3-2-4-7-21/h2-11,14-15,18-19,22,24,32H,12-13,16-17H2,1H3,(H,30,33)(H,31,34)/t19-,22-,24-/m1/s1. The molecule has 9 heteroatoms. The zero-order chi connectivity index (χ0) is 26.4. The molecule has 1 fully saturated rings. The molecule has 3 aromatic rings. The minimum Gasteiger partial charge on any atom is -0.349 e. The van der Waals surface area contributed by atoms with Crippen LogP contribution in [0.15, 0.2) is 83.8 Å². The summed E-state index contributed by atoms with van der Waals surface area (Å²) in [4.78, 5) is 25.2. The molecule has 1 aliphatic rings. The highest BCUT2D eigenvalue weighted by Crippen LogP contribution is 2.27. The number of nitrogens with one attached hydrogen (secondary N) is 3. The lowest BCUT2D eigenvalue weighted by atomic mass is 9.85. The van der Waals surface area contributed by atoms with Gasteiger partial charge in [-0.25, -0.2) is 17.5 Å². The third kappa shape index (κ3) is 7.02. The van der Waals surface area contributed by atoms with Crippen LogP contribution in [0.25, 0.3) is 0 Å². The number of sulfonamides is 1. The molecule has 1 saturated carbocycles. The van der Waals surface area contributed by atoms with E-state index in [0.717, 1.165) is 5.56 Å². The first-order valence-corrected chi connectivity index (χ1v) is 13.7. The van der Waals surface area contributed by atoms with E-state index in [1.807, 2.05) is 13.0 Å². The van der Waals surface area contributed by atoms with Crippen LogP contribution in [0.3, 0.4) is 0 Å². The number of rotatable bonds is 8. The van der Waals surface area contributed by atoms with Crippen LogP contribution in [0.4, 0.5) is 10.1 Å². The minimum absolute atomic E-state index is 0.0614. The summed E-state index contributed by atoms with van der Waals surface area (Å²) in [6, 6.07) is 20.3. The summed E-state index contributed by atoms with van der Waals surface area (Å²) in [5, 5.41) is 5.70. The second kappa shape index (κ2) is 11.7. The fraction of sp³-hybridized carbons (Fsp3) is 0.286. The first-order chi connectivity index (χ1) is 17.7. The Balaban J connectivity index is 1.30. The maximum atomic E-state index is 13.1. The first-order valence-electron chi connectivity index (χ1n) is 12.3. The number of hydrogen-bond donors (Lipinski definition) is 3. The van der Waals surface area contributed by atoms with Gasteiger partial charge in [0, 0.05) is 23.2 Å². The van der Waals surface area contributed by atoms with E-state index in [-0.39, 0.29) is 40.5 Å². The van der Waals surface area contributed by atoms with E-state index >= 15 is 0 Å². The molecule has 37 heavy (non-hydrogen) atoms. The Morgan fingerprint density at radius 2 is 1.57 bits per heavy atom. The maximum Gasteiger partial charge on any atom is 0.255 e. The molecule has 7 nitrogen and oxygen atoms in total. The van der Waals surface area contributed by atoms with Crippen molar-refractivity contribution in [2.24, 2.45) is 5.92 Å². The number of halogens is 1. The van der Waals surface area contributed by atoms with Crippen LogP contribution < -0.4 is 15.4 Å². The number of hydrogen-bond acceptors (Lipinski definition) is 4. The van der Waals surface area contributed by atoms with Gasteiger partial charge in [0.15, 0.2) is 0 Å². The van der Waals surface area contributed by atoms with Gasteiger partial charge >= 0.3 is 0 Å². The molecule has 0 aliphatic heterocycles. The Morgan fingerprint density at radius 3 is 2.24 bits per heavy atom. The molecule has 0 unspecified atom stereocenters. The lowest BCUT2D eigenvalue weighted by Crippen LogP contribution is -2.41. The Hall–Kier alpha value is -3.56. The quantitative estimate of drug-likeness (QED) is 0.395. The van der Waals surface area contributed by atoms with Gasteiger partial charge in [0.2, 0.25) is 15.9 Å². The van der Waals surface area contributed by atoms with Crippen molar-refractivity contribution in [3.8, 4) is 0 Å². The molecule has 3 aromatic carbocycles. The van der Waals surface area contributed by atoms with Crippen molar-refractivity contribution in [3.05, 3.63) is 95.8 Å². The van der Waals surface area contributed by atoms with Crippen molar-refractivity contribution in [2.45, 2.75) is 49.6 Å². The van der Waals surface area contributed by atoms with E-state index in [9.17, 15) is 22.4 Å². The number of amides is 2. The Morgan fingerprint density at radius 1 is 0.892 bits per heavy atom. The summed E-state index contributed by atoms with van der Waals surface area (Å²) in [7, 11) is -3.81. The normalized spacial score (nSPS) is 18.5. The van der Waals surface area contributed by atoms with Crippen molar-refractivity contribution >= 4 is 27.5 Å². The molecule has 194 valence electrons. The Labute approximate surface area is 216 Å². The molecule has 3 N–H and O–H groups in total. The molecule has 2 amide bonds. The minimum atomic E-state index is -3.81. The smallest absolute Gasteiger partial charge is 0.255 e. The number of carbonyl (C=O) groups is 2. The summed E-state index contributed by atoms with van der Waals surface area (Å²) in [6.07, 6.45) is 2.18. The van der Waals surface area contributed by atoms with Crippen LogP contribution >= 0.6 is 0 Å². The molecule has 1 atom stereocenters. The van der Waals surface area contributed by atoms with Crippen LogP contribution in [0.5, 0.6) is 0 Å². The van der Waals surface area contributed by atoms with Crippen molar-refractivity contribution in [1.82, 2.24) is 10.0 Å². The highest BCUT2D eigenvalue weighted by atomic mass is 32.2. The molecule has 0 aromatic heterocycles. The van der Waals surface area contributed by atoms with Gasteiger partial charge in [0.05, 0.1) is 10.9 Å². The summed E-state index contributed by atoms with van der Waals surface area (Å²) in [6.45, 7) is 1.85.